The Balaban J connectivity index is 1.58. The van der Waals surface area contributed by atoms with E-state index in [1.54, 1.807) is 23.3 Å². The van der Waals surface area contributed by atoms with Gasteiger partial charge < -0.3 is 15.7 Å². The number of hydrogen-bond donors (Lipinski definition) is 4. The molecule has 0 saturated heterocycles. The number of nitrogens with zero attached hydrogens (tertiary/aromatic N) is 3. The molecule has 4 N–H and O–H groups in total. The summed E-state index contributed by atoms with van der Waals surface area (Å²) in [5.41, 5.74) is 3.91. The Kier molecular flexibility index (Phi) is 5.43. The minimum absolute atomic E-state index is 0.0773. The Morgan fingerprint density at radius 1 is 1.24 bits per heavy atom. The van der Waals surface area contributed by atoms with Gasteiger partial charge in [-0.1, -0.05) is 30.3 Å². The van der Waals surface area contributed by atoms with Crippen molar-refractivity contribution in [2.45, 2.75) is 13.1 Å². The van der Waals surface area contributed by atoms with Crippen molar-refractivity contribution in [3.8, 4) is 11.3 Å². The first kappa shape index (κ1) is 16.7. The van der Waals surface area contributed by atoms with Gasteiger partial charge >= 0.3 is 0 Å². The van der Waals surface area contributed by atoms with E-state index in [1.165, 1.54) is 0 Å². The molecule has 0 fully saturated rings. The molecule has 2 heterocycles. The molecule has 0 aliphatic carbocycles. The molecule has 3 aromatic rings. The summed E-state index contributed by atoms with van der Waals surface area (Å²) in [6, 6.07) is 10.0. The number of carbonyl (C=O) groups excluding carboxylic acids is 1. The van der Waals surface area contributed by atoms with Crippen LogP contribution in [0.1, 0.15) is 5.56 Å². The van der Waals surface area contributed by atoms with Gasteiger partial charge in [0.1, 0.15) is 6.54 Å². The van der Waals surface area contributed by atoms with Crippen molar-refractivity contribution in [2.24, 2.45) is 0 Å². The van der Waals surface area contributed by atoms with E-state index < -0.39 is 0 Å². The number of amides is 1. The van der Waals surface area contributed by atoms with Gasteiger partial charge in [-0.3, -0.25) is 14.6 Å². The van der Waals surface area contributed by atoms with Gasteiger partial charge in [-0.15, -0.1) is 0 Å². The molecule has 8 heteroatoms. The van der Waals surface area contributed by atoms with Gasteiger partial charge in [0.25, 0.3) is 0 Å². The average molecular weight is 340 g/mol. The second kappa shape index (κ2) is 8.11. The molecule has 0 atom stereocenters. The topological polar surface area (TPSA) is 108 Å². The first-order chi connectivity index (χ1) is 12.3. The van der Waals surface area contributed by atoms with Crippen LogP contribution in [0.5, 0.6) is 0 Å². The van der Waals surface area contributed by atoms with Crippen molar-refractivity contribution in [3.63, 3.8) is 0 Å². The van der Waals surface area contributed by atoms with Crippen LogP contribution in [-0.2, 0) is 17.9 Å². The lowest BCUT2D eigenvalue weighted by Crippen LogP contribution is -2.30. The minimum atomic E-state index is -0.190. The van der Waals surface area contributed by atoms with E-state index in [0.29, 0.717) is 6.54 Å². The second-order valence-electron chi connectivity index (χ2n) is 5.49. The standard InChI is InChI=1S/C17H20N6O2/c24-7-6-18-16(25)12-23-11-15(10-21-23)19-8-14-9-20-22-17(14)13-4-2-1-3-5-13/h1-5,9-11,19,24H,6-8,12H2,(H,18,25)(H,20,22). The second-order valence-corrected chi connectivity index (χ2v) is 5.49. The number of carbonyl (C=O) groups is 1. The summed E-state index contributed by atoms with van der Waals surface area (Å²) in [5.74, 6) is -0.190. The van der Waals surface area contributed by atoms with E-state index in [4.69, 9.17) is 5.11 Å². The number of nitrogens with one attached hydrogen (secondary N) is 3. The lowest BCUT2D eigenvalue weighted by Gasteiger charge is -2.05. The Morgan fingerprint density at radius 3 is 2.88 bits per heavy atom. The molecule has 0 aliphatic heterocycles. The maximum atomic E-state index is 11.6. The van der Waals surface area contributed by atoms with Gasteiger partial charge in [0.05, 0.1) is 30.4 Å². The normalized spacial score (nSPS) is 10.6. The molecular formula is C17H20N6O2. The van der Waals surface area contributed by atoms with Crippen LogP contribution in [0, 0.1) is 0 Å². The van der Waals surface area contributed by atoms with E-state index in [0.717, 1.165) is 22.5 Å². The summed E-state index contributed by atoms with van der Waals surface area (Å²) in [6.07, 6.45) is 5.23. The molecule has 0 unspecified atom stereocenters. The number of benzene rings is 1. The Bertz CT molecular complexity index is 811. The van der Waals surface area contributed by atoms with Gasteiger partial charge in [-0.25, -0.2) is 0 Å². The van der Waals surface area contributed by atoms with E-state index in [2.05, 4.69) is 25.9 Å². The molecule has 1 amide bonds. The number of aliphatic hydroxyl groups is 1. The van der Waals surface area contributed by atoms with E-state index in [9.17, 15) is 4.79 Å². The zero-order valence-electron chi connectivity index (χ0n) is 13.6. The molecule has 130 valence electrons. The number of aliphatic hydroxyl groups excluding tert-OH is 1. The Morgan fingerprint density at radius 2 is 2.08 bits per heavy atom. The molecule has 0 aliphatic rings. The highest BCUT2D eigenvalue weighted by molar-refractivity contribution is 5.75. The molecule has 1 aromatic carbocycles. The third-order valence-electron chi connectivity index (χ3n) is 3.64. The third kappa shape index (κ3) is 4.45. The SMILES string of the molecule is O=C(Cn1cc(NCc2cn[nH]c2-c2ccccc2)cn1)NCCO. The average Bonchev–Trinajstić information content (AvgIpc) is 3.28. The van der Waals surface area contributed by atoms with Crippen molar-refractivity contribution in [1.82, 2.24) is 25.3 Å². The highest BCUT2D eigenvalue weighted by Crippen LogP contribution is 2.21. The lowest BCUT2D eigenvalue weighted by atomic mass is 10.1. The number of hydrogen-bond acceptors (Lipinski definition) is 5. The molecule has 0 bridgehead atoms. The fraction of sp³-hybridized carbons (Fsp3) is 0.235. The molecule has 2 aromatic heterocycles. The fourth-order valence-corrected chi connectivity index (χ4v) is 2.44. The highest BCUT2D eigenvalue weighted by atomic mass is 16.3. The minimum Gasteiger partial charge on any atom is -0.395 e. The van der Waals surface area contributed by atoms with Gasteiger partial charge in [0.15, 0.2) is 0 Å². The molecule has 8 nitrogen and oxygen atoms in total. The van der Waals surface area contributed by atoms with Crippen LogP contribution < -0.4 is 10.6 Å². The Labute approximate surface area is 144 Å². The molecule has 0 saturated carbocycles. The van der Waals surface area contributed by atoms with E-state index in [1.807, 2.05) is 30.3 Å². The van der Waals surface area contributed by atoms with Crippen LogP contribution >= 0.6 is 0 Å². The maximum Gasteiger partial charge on any atom is 0.241 e. The number of aromatic nitrogens is 4. The summed E-state index contributed by atoms with van der Waals surface area (Å²) >= 11 is 0. The van der Waals surface area contributed by atoms with E-state index >= 15 is 0 Å². The van der Waals surface area contributed by atoms with Crippen LogP contribution in [-0.4, -0.2) is 44.1 Å². The zero-order valence-corrected chi connectivity index (χ0v) is 13.6. The summed E-state index contributed by atoms with van der Waals surface area (Å²) < 4.78 is 1.54. The van der Waals surface area contributed by atoms with Crippen LogP contribution in [0.15, 0.2) is 48.9 Å². The van der Waals surface area contributed by atoms with Crippen LogP contribution in [0.4, 0.5) is 5.69 Å². The highest BCUT2D eigenvalue weighted by Gasteiger charge is 2.08. The summed E-state index contributed by atoms with van der Waals surface area (Å²) in [6.45, 7) is 0.867. The van der Waals surface area contributed by atoms with Crippen molar-refractivity contribution in [2.75, 3.05) is 18.5 Å². The van der Waals surface area contributed by atoms with Gasteiger partial charge in [0.2, 0.25) is 5.91 Å². The number of anilines is 1. The smallest absolute Gasteiger partial charge is 0.241 e. The molecular weight excluding hydrogens is 320 g/mol. The quantitative estimate of drug-likeness (QED) is 0.489. The molecule has 0 spiro atoms. The maximum absolute atomic E-state index is 11.6. The number of rotatable bonds is 8. The van der Waals surface area contributed by atoms with Crippen molar-refractivity contribution >= 4 is 11.6 Å². The largest absolute Gasteiger partial charge is 0.395 e. The summed E-state index contributed by atoms with van der Waals surface area (Å²) in [7, 11) is 0. The molecule has 0 radical (unpaired) electrons. The lowest BCUT2D eigenvalue weighted by molar-refractivity contribution is -0.122. The number of H-pyrrole nitrogens is 1. The fourth-order valence-electron chi connectivity index (χ4n) is 2.44. The van der Waals surface area contributed by atoms with Crippen LogP contribution in [0.3, 0.4) is 0 Å². The first-order valence-electron chi connectivity index (χ1n) is 7.98. The van der Waals surface area contributed by atoms with Crippen molar-refractivity contribution in [3.05, 3.63) is 54.5 Å². The van der Waals surface area contributed by atoms with E-state index in [-0.39, 0.29) is 25.6 Å². The third-order valence-corrected chi connectivity index (χ3v) is 3.64. The summed E-state index contributed by atoms with van der Waals surface area (Å²) in [5, 5.41) is 25.9. The van der Waals surface area contributed by atoms with Crippen molar-refractivity contribution in [1.29, 1.82) is 0 Å². The Hall–Kier alpha value is -3.13. The van der Waals surface area contributed by atoms with Crippen LogP contribution in [0.25, 0.3) is 11.3 Å². The van der Waals surface area contributed by atoms with Gasteiger partial charge in [0, 0.05) is 24.8 Å². The zero-order chi connectivity index (χ0) is 17.5. The van der Waals surface area contributed by atoms with Gasteiger partial charge in [-0.05, 0) is 5.56 Å². The molecule has 3 rings (SSSR count). The monoisotopic (exact) mass is 340 g/mol. The van der Waals surface area contributed by atoms with Crippen molar-refractivity contribution < 1.29 is 9.90 Å². The molecule has 25 heavy (non-hydrogen) atoms. The first-order valence-corrected chi connectivity index (χ1v) is 7.98. The summed E-state index contributed by atoms with van der Waals surface area (Å²) in [4.78, 5) is 11.6. The predicted octanol–water partition coefficient (Wildman–Crippen LogP) is 0.994. The predicted molar refractivity (Wildman–Crippen MR) is 93.7 cm³/mol. The number of aromatic amines is 1. The van der Waals surface area contributed by atoms with Gasteiger partial charge in [-0.2, -0.15) is 10.2 Å². The van der Waals surface area contributed by atoms with Crippen LogP contribution in [0.2, 0.25) is 0 Å².